The van der Waals surface area contributed by atoms with Gasteiger partial charge in [0, 0.05) is 10.9 Å². The first-order valence-electron chi connectivity index (χ1n) is 5.06. The molecule has 0 aliphatic heterocycles. The van der Waals surface area contributed by atoms with Crippen LogP contribution < -0.4 is 0 Å². The second kappa shape index (κ2) is 4.11. The topological polar surface area (TPSA) is 25.8 Å². The van der Waals surface area contributed by atoms with E-state index in [-0.39, 0.29) is 0 Å². The van der Waals surface area contributed by atoms with Crippen molar-refractivity contribution in [2.24, 2.45) is 0 Å². The summed E-state index contributed by atoms with van der Waals surface area (Å²) in [5.41, 5.74) is 4.86. The molecule has 0 aliphatic carbocycles. The summed E-state index contributed by atoms with van der Waals surface area (Å²) in [4.78, 5) is 0. The van der Waals surface area contributed by atoms with E-state index in [1.807, 2.05) is 5.38 Å². The zero-order chi connectivity index (χ0) is 10.8. The lowest BCUT2D eigenvalue weighted by Crippen LogP contribution is -1.92. The van der Waals surface area contributed by atoms with Gasteiger partial charge in [0.05, 0.1) is 0 Å². The number of aromatic nitrogens is 2. The van der Waals surface area contributed by atoms with Gasteiger partial charge in [-0.25, -0.2) is 0 Å². The molecule has 1 aromatic carbocycles. The summed E-state index contributed by atoms with van der Waals surface area (Å²) in [6.45, 7) is 6.58. The van der Waals surface area contributed by atoms with Gasteiger partial charge in [0.15, 0.2) is 0 Å². The summed E-state index contributed by atoms with van der Waals surface area (Å²) in [7, 11) is 0. The van der Waals surface area contributed by atoms with E-state index in [1.165, 1.54) is 22.7 Å². The maximum Gasteiger partial charge on any atom is 0.105 e. The number of aryl methyl sites for hydroxylation is 1. The monoisotopic (exact) mass is 218 g/mol. The molecule has 0 saturated carbocycles. The highest BCUT2D eigenvalue weighted by atomic mass is 32.1. The zero-order valence-electron chi connectivity index (χ0n) is 9.19. The minimum atomic E-state index is 0.576. The third-order valence-corrected chi connectivity index (χ3v) is 3.05. The van der Waals surface area contributed by atoms with Gasteiger partial charge in [-0.1, -0.05) is 30.5 Å². The van der Waals surface area contributed by atoms with Crippen molar-refractivity contribution in [3.63, 3.8) is 0 Å². The van der Waals surface area contributed by atoms with Crippen LogP contribution in [-0.4, -0.2) is 9.59 Å². The second-order valence-corrected chi connectivity index (χ2v) is 4.63. The summed E-state index contributed by atoms with van der Waals surface area (Å²) >= 11 is 1.39. The fourth-order valence-corrected chi connectivity index (χ4v) is 2.24. The van der Waals surface area contributed by atoms with Crippen LogP contribution >= 0.6 is 11.5 Å². The van der Waals surface area contributed by atoms with E-state index >= 15 is 0 Å². The van der Waals surface area contributed by atoms with Crippen molar-refractivity contribution in [2.45, 2.75) is 26.7 Å². The molecule has 0 spiro atoms. The van der Waals surface area contributed by atoms with Crippen molar-refractivity contribution in [2.75, 3.05) is 0 Å². The Morgan fingerprint density at radius 2 is 2.07 bits per heavy atom. The van der Waals surface area contributed by atoms with Crippen LogP contribution in [0.5, 0.6) is 0 Å². The predicted molar refractivity (Wildman–Crippen MR) is 64.2 cm³/mol. The molecule has 2 nitrogen and oxygen atoms in total. The lowest BCUT2D eigenvalue weighted by atomic mass is 9.96. The van der Waals surface area contributed by atoms with Crippen molar-refractivity contribution >= 4 is 11.5 Å². The molecule has 2 rings (SSSR count). The number of benzene rings is 1. The molecule has 1 aromatic heterocycles. The third kappa shape index (κ3) is 2.07. The largest absolute Gasteiger partial charge is 0.138 e. The minimum absolute atomic E-state index is 0.576. The van der Waals surface area contributed by atoms with E-state index in [1.54, 1.807) is 0 Å². The molecule has 0 aliphatic rings. The smallest absolute Gasteiger partial charge is 0.105 e. The third-order valence-electron chi connectivity index (χ3n) is 2.55. The quantitative estimate of drug-likeness (QED) is 0.769. The van der Waals surface area contributed by atoms with Gasteiger partial charge in [-0.15, -0.1) is 5.10 Å². The van der Waals surface area contributed by atoms with Crippen molar-refractivity contribution in [3.05, 3.63) is 34.7 Å². The molecule has 0 bridgehead atoms. The average molecular weight is 218 g/mol. The zero-order valence-corrected chi connectivity index (χ0v) is 10.0. The summed E-state index contributed by atoms with van der Waals surface area (Å²) in [6, 6.07) is 6.50. The van der Waals surface area contributed by atoms with Gasteiger partial charge in [0.25, 0.3) is 0 Å². The van der Waals surface area contributed by atoms with Crippen molar-refractivity contribution in [3.8, 4) is 11.3 Å². The predicted octanol–water partition coefficient (Wildman–Crippen LogP) is 3.64. The van der Waals surface area contributed by atoms with Crippen LogP contribution in [0.3, 0.4) is 0 Å². The Bertz CT molecular complexity index is 447. The first-order valence-corrected chi connectivity index (χ1v) is 5.90. The van der Waals surface area contributed by atoms with Crippen LogP contribution in [0, 0.1) is 6.92 Å². The number of hydrogen-bond donors (Lipinski definition) is 0. The molecule has 3 heteroatoms. The highest BCUT2D eigenvalue weighted by Crippen LogP contribution is 2.25. The summed E-state index contributed by atoms with van der Waals surface area (Å²) in [5, 5.41) is 6.05. The first kappa shape index (κ1) is 10.3. The van der Waals surface area contributed by atoms with E-state index < -0.39 is 0 Å². The normalized spacial score (nSPS) is 10.9. The summed E-state index contributed by atoms with van der Waals surface area (Å²) in [5.74, 6) is 0.576. The van der Waals surface area contributed by atoms with Crippen LogP contribution in [0.25, 0.3) is 11.3 Å². The molecule has 1 heterocycles. The number of hydrogen-bond acceptors (Lipinski definition) is 3. The lowest BCUT2D eigenvalue weighted by molar-refractivity contribution is 0.857. The van der Waals surface area contributed by atoms with Gasteiger partial charge >= 0.3 is 0 Å². The molecule has 78 valence electrons. The Hall–Kier alpha value is -1.22. The number of rotatable bonds is 2. The maximum absolute atomic E-state index is 4.07. The Labute approximate surface area is 94.1 Å². The van der Waals surface area contributed by atoms with E-state index in [2.05, 4.69) is 48.6 Å². The molecular weight excluding hydrogens is 204 g/mol. The van der Waals surface area contributed by atoms with Gasteiger partial charge in [0.1, 0.15) is 5.69 Å². The van der Waals surface area contributed by atoms with E-state index in [0.717, 1.165) is 11.3 Å². The first-order chi connectivity index (χ1) is 7.18. The molecule has 0 saturated heterocycles. The molecule has 0 atom stereocenters. The Kier molecular flexibility index (Phi) is 2.82. The average Bonchev–Trinajstić information content (AvgIpc) is 2.69. The van der Waals surface area contributed by atoms with E-state index in [4.69, 9.17) is 0 Å². The second-order valence-electron chi connectivity index (χ2n) is 4.02. The van der Waals surface area contributed by atoms with Crippen molar-refractivity contribution in [1.82, 2.24) is 9.59 Å². The standard InChI is InChI=1S/C12H14N2S/c1-8(2)11-5-4-10(6-9(11)3)12-7-15-14-13-12/h4-8H,1-3H3. The molecular formula is C12H14N2S. The summed E-state index contributed by atoms with van der Waals surface area (Å²) in [6.07, 6.45) is 0. The van der Waals surface area contributed by atoms with Gasteiger partial charge in [0.2, 0.25) is 0 Å². The SMILES string of the molecule is Cc1cc(-c2csnn2)ccc1C(C)C. The van der Waals surface area contributed by atoms with Crippen molar-refractivity contribution < 1.29 is 0 Å². The molecule has 2 aromatic rings. The van der Waals surface area contributed by atoms with Crippen LogP contribution in [-0.2, 0) is 0 Å². The Balaban J connectivity index is 2.42. The molecule has 0 fully saturated rings. The fraction of sp³-hybridized carbons (Fsp3) is 0.333. The molecule has 0 amide bonds. The minimum Gasteiger partial charge on any atom is -0.138 e. The van der Waals surface area contributed by atoms with Crippen LogP contribution in [0.4, 0.5) is 0 Å². The Morgan fingerprint density at radius 1 is 1.27 bits per heavy atom. The van der Waals surface area contributed by atoms with Gasteiger partial charge in [-0.05, 0) is 41.6 Å². The maximum atomic E-state index is 4.07. The van der Waals surface area contributed by atoms with Gasteiger partial charge in [-0.3, -0.25) is 0 Å². The fourth-order valence-electron chi connectivity index (χ4n) is 1.77. The molecule has 0 N–H and O–H groups in total. The van der Waals surface area contributed by atoms with E-state index in [9.17, 15) is 0 Å². The number of nitrogens with zero attached hydrogens (tertiary/aromatic N) is 2. The van der Waals surface area contributed by atoms with E-state index in [0.29, 0.717) is 5.92 Å². The molecule has 0 unspecified atom stereocenters. The lowest BCUT2D eigenvalue weighted by Gasteiger charge is -2.10. The summed E-state index contributed by atoms with van der Waals surface area (Å²) < 4.78 is 3.88. The molecule has 0 radical (unpaired) electrons. The van der Waals surface area contributed by atoms with Crippen LogP contribution in [0.15, 0.2) is 23.6 Å². The Morgan fingerprint density at radius 3 is 2.60 bits per heavy atom. The van der Waals surface area contributed by atoms with Crippen LogP contribution in [0.1, 0.15) is 30.9 Å². The van der Waals surface area contributed by atoms with Crippen LogP contribution in [0.2, 0.25) is 0 Å². The van der Waals surface area contributed by atoms with Gasteiger partial charge < -0.3 is 0 Å². The highest BCUT2D eigenvalue weighted by Gasteiger charge is 2.06. The highest BCUT2D eigenvalue weighted by molar-refractivity contribution is 7.03. The van der Waals surface area contributed by atoms with Crippen molar-refractivity contribution in [1.29, 1.82) is 0 Å². The molecule has 15 heavy (non-hydrogen) atoms. The van der Waals surface area contributed by atoms with Gasteiger partial charge in [-0.2, -0.15) is 0 Å².